The van der Waals surface area contributed by atoms with Crippen molar-refractivity contribution in [3.8, 4) is 0 Å². The van der Waals surface area contributed by atoms with E-state index in [-0.39, 0.29) is 31.0 Å². The third kappa shape index (κ3) is 9.43. The van der Waals surface area contributed by atoms with Crippen molar-refractivity contribution >= 4 is 50.2 Å². The number of benzene rings is 2. The summed E-state index contributed by atoms with van der Waals surface area (Å²) in [4.78, 5) is 0. The molecule has 145 valence electrons. The molecule has 3 heteroatoms. The maximum absolute atomic E-state index is 2.15. The maximum atomic E-state index is 2.15. The molecule has 2 saturated carbocycles. The summed E-state index contributed by atoms with van der Waals surface area (Å²) in [6, 6.07) is 21.0. The molecule has 1 atom stereocenters. The van der Waals surface area contributed by atoms with E-state index in [0.29, 0.717) is 0 Å². The molecule has 3 radical (unpaired) electrons. The summed E-state index contributed by atoms with van der Waals surface area (Å²) >= 11 is 0.0367. The van der Waals surface area contributed by atoms with Crippen molar-refractivity contribution in [3.63, 3.8) is 0 Å². The molecule has 2 aliphatic rings. The van der Waals surface area contributed by atoms with Crippen LogP contribution in [-0.2, 0) is 0 Å². The average Bonchev–Trinajstić information content (AvgIpc) is 2.72. The molecule has 0 N–H and O–H groups in total. The monoisotopic (exact) mass is 505 g/mol. The van der Waals surface area contributed by atoms with Gasteiger partial charge in [-0.2, -0.15) is 9.90 Å². The van der Waals surface area contributed by atoms with E-state index in [9.17, 15) is 0 Å². The first-order valence-electron chi connectivity index (χ1n) is 10.5. The van der Waals surface area contributed by atoms with Gasteiger partial charge in [0.05, 0.1) is 0 Å². The average molecular weight is 504 g/mol. The smallest absolute Gasteiger partial charge is 0.0100 e. The second-order valence-corrected chi connectivity index (χ2v) is 14.5. The normalized spacial score (nSPS) is 18.1. The quantitative estimate of drug-likeness (QED) is 0.316. The summed E-state index contributed by atoms with van der Waals surface area (Å²) < 4.78 is 2.58. The van der Waals surface area contributed by atoms with E-state index < -0.39 is 0 Å². The van der Waals surface area contributed by atoms with Gasteiger partial charge >= 0.3 is 93.2 Å². The molecule has 0 nitrogen and oxygen atoms in total. The fraction of sp³-hybridized carbons (Fsp3) is 0.500. The van der Waals surface area contributed by atoms with E-state index in [1.165, 1.54) is 27.1 Å². The molecule has 1 unspecified atom stereocenters. The Balaban J connectivity index is 0.000000187. The van der Waals surface area contributed by atoms with E-state index >= 15 is 0 Å². The van der Waals surface area contributed by atoms with Gasteiger partial charge in [0.2, 0.25) is 0 Å². The van der Waals surface area contributed by atoms with Gasteiger partial charge in [0.25, 0.3) is 0 Å². The topological polar surface area (TPSA) is 0 Å². The predicted octanol–water partition coefficient (Wildman–Crippen LogP) is 6.84. The van der Waals surface area contributed by atoms with E-state index in [0.717, 1.165) is 0 Å². The zero-order valence-electron chi connectivity index (χ0n) is 16.7. The van der Waals surface area contributed by atoms with Gasteiger partial charge < -0.3 is 0 Å². The van der Waals surface area contributed by atoms with Crippen LogP contribution in [0.3, 0.4) is 0 Å². The molecule has 2 aliphatic carbocycles. The third-order valence-electron chi connectivity index (χ3n) is 5.45. The molecule has 0 aliphatic heterocycles. The molecule has 2 fully saturated rings. The molecular formula is C24H35P2Sn. The zero-order chi connectivity index (χ0) is 17.9. The Kier molecular flexibility index (Phi) is 12.2. The third-order valence-corrected chi connectivity index (χ3v) is 12.6. The van der Waals surface area contributed by atoms with Crippen LogP contribution >= 0.6 is 18.5 Å². The summed E-state index contributed by atoms with van der Waals surface area (Å²) in [5.74, 6) is 0. The summed E-state index contributed by atoms with van der Waals surface area (Å²) in [5.41, 5.74) is 0. The minimum atomic E-state index is 0. The second kappa shape index (κ2) is 14.1. The molecule has 0 heterocycles. The molecule has 0 bridgehead atoms. The van der Waals surface area contributed by atoms with Gasteiger partial charge in [-0.1, -0.05) is 60.7 Å². The Bertz CT molecular complexity index is 537. The Hall–Kier alpha value is 0.0987. The summed E-state index contributed by atoms with van der Waals surface area (Å²) in [6.45, 7) is 0. The first-order valence-corrected chi connectivity index (χ1v) is 14.7. The van der Waals surface area contributed by atoms with Crippen LogP contribution in [0.1, 0.15) is 64.2 Å². The van der Waals surface area contributed by atoms with Crippen LogP contribution in [0.25, 0.3) is 0 Å². The second-order valence-electron chi connectivity index (χ2n) is 7.62. The van der Waals surface area contributed by atoms with E-state index in [2.05, 4.69) is 48.5 Å². The van der Waals surface area contributed by atoms with E-state index in [1.807, 2.05) is 12.1 Å². The van der Waals surface area contributed by atoms with Gasteiger partial charge in [0.15, 0.2) is 0 Å². The molecule has 4 rings (SSSR count). The van der Waals surface area contributed by atoms with Crippen LogP contribution in [-0.4, -0.2) is 21.1 Å². The molecule has 0 saturated heterocycles. The number of rotatable bonds is 4. The Labute approximate surface area is 182 Å². The van der Waals surface area contributed by atoms with Crippen LogP contribution < -0.4 is 10.6 Å². The first kappa shape index (κ1) is 23.4. The van der Waals surface area contributed by atoms with Gasteiger partial charge in [-0.3, -0.25) is 0 Å². The van der Waals surface area contributed by atoms with Gasteiger partial charge in [-0.25, -0.2) is 0 Å². The van der Waals surface area contributed by atoms with E-state index in [4.69, 9.17) is 0 Å². The van der Waals surface area contributed by atoms with Crippen molar-refractivity contribution in [2.24, 2.45) is 0 Å². The van der Waals surface area contributed by atoms with Crippen LogP contribution in [0.15, 0.2) is 60.7 Å². The van der Waals surface area contributed by atoms with Crippen molar-refractivity contribution < 1.29 is 0 Å². The van der Waals surface area contributed by atoms with Crippen molar-refractivity contribution in [2.75, 3.05) is 0 Å². The SMILES string of the molecule is C1CC[CH]([Sn][CH]2CCCCC2)CC1.P.c1ccc([P]c2ccccc2)cc1. The fourth-order valence-corrected chi connectivity index (χ4v) is 11.1. The standard InChI is InChI=1S/C12H10P.2C6H11.H3P.Sn/c1-3-7-11(8-4-1)13-12-9-5-2-6-10-12;2*1-2-4-6-5-3-1;;/h1-10H;2*1H,2-6H2;1H3;. The maximum Gasteiger partial charge on any atom is -0.0100 e. The van der Waals surface area contributed by atoms with Crippen LogP contribution in [0.4, 0.5) is 0 Å². The summed E-state index contributed by atoms with van der Waals surface area (Å²) in [7, 11) is 1.28. The molecular weight excluding hydrogens is 469 g/mol. The van der Waals surface area contributed by atoms with Crippen molar-refractivity contribution in [2.45, 2.75) is 72.1 Å². The van der Waals surface area contributed by atoms with Gasteiger partial charge in [-0.05, 0) is 19.2 Å². The summed E-state index contributed by atoms with van der Waals surface area (Å²) in [5, 5.41) is 2.68. The summed E-state index contributed by atoms with van der Waals surface area (Å²) in [6.07, 6.45) is 15.9. The largest absolute Gasteiger partial charge is 0.153 e. The van der Waals surface area contributed by atoms with Crippen LogP contribution in [0.5, 0.6) is 0 Å². The Morgan fingerprint density at radius 1 is 0.556 bits per heavy atom. The van der Waals surface area contributed by atoms with Gasteiger partial charge in [0.1, 0.15) is 0 Å². The molecule has 2 aromatic rings. The predicted molar refractivity (Wildman–Crippen MR) is 130 cm³/mol. The minimum Gasteiger partial charge on any atom is -0.153 e. The van der Waals surface area contributed by atoms with Crippen LogP contribution in [0, 0.1) is 0 Å². The van der Waals surface area contributed by atoms with Gasteiger partial charge in [-0.15, -0.1) is 0 Å². The van der Waals surface area contributed by atoms with Crippen molar-refractivity contribution in [3.05, 3.63) is 60.7 Å². The molecule has 0 amide bonds. The van der Waals surface area contributed by atoms with E-state index in [1.54, 1.807) is 64.2 Å². The zero-order valence-corrected chi connectivity index (χ0v) is 21.8. The van der Waals surface area contributed by atoms with Gasteiger partial charge in [0, 0.05) is 0 Å². The molecule has 2 aromatic carbocycles. The van der Waals surface area contributed by atoms with Crippen LogP contribution in [0.2, 0.25) is 7.87 Å². The Morgan fingerprint density at radius 2 is 0.926 bits per heavy atom. The van der Waals surface area contributed by atoms with Crippen molar-refractivity contribution in [1.29, 1.82) is 0 Å². The number of hydrogen-bond donors (Lipinski definition) is 0. The molecule has 0 aromatic heterocycles. The van der Waals surface area contributed by atoms with Crippen molar-refractivity contribution in [1.82, 2.24) is 0 Å². The minimum absolute atomic E-state index is 0. The first-order chi connectivity index (χ1) is 12.9. The number of hydrogen-bond acceptors (Lipinski definition) is 0. The Morgan fingerprint density at radius 3 is 1.30 bits per heavy atom. The molecule has 27 heavy (non-hydrogen) atoms. The molecule has 0 spiro atoms. The fourth-order valence-electron chi connectivity index (χ4n) is 4.03.